The van der Waals surface area contributed by atoms with Crippen molar-refractivity contribution in [1.29, 1.82) is 0 Å². The maximum Gasteiger partial charge on any atom is 0.325 e. The third-order valence-corrected chi connectivity index (χ3v) is 7.48. The van der Waals surface area contributed by atoms with E-state index in [2.05, 4.69) is 10.6 Å². The zero-order valence-electron chi connectivity index (χ0n) is 25.7. The summed E-state index contributed by atoms with van der Waals surface area (Å²) in [5, 5.41) is 16.4. The Morgan fingerprint density at radius 1 is 1.00 bits per heavy atom. The molecule has 2 heterocycles. The van der Waals surface area contributed by atoms with E-state index in [1.165, 1.54) is 12.0 Å². The summed E-state index contributed by atoms with van der Waals surface area (Å²) in [4.78, 5) is 51.9. The first-order chi connectivity index (χ1) is 21.7. The second-order valence-corrected chi connectivity index (χ2v) is 10.9. The number of hydrogen-bond acceptors (Lipinski definition) is 10. The van der Waals surface area contributed by atoms with E-state index in [1.54, 1.807) is 6.92 Å². The van der Waals surface area contributed by atoms with E-state index in [0.29, 0.717) is 0 Å². The molecule has 4 rings (SSSR count). The SMILES string of the molecule is CCOC(=O)CNC(=O)CN(Cc1ccc(C)cc1)C(=O)CCC(=O)NC1C(OC)OC2COC(c3ccccc3)OC2C1O. The van der Waals surface area contributed by atoms with Gasteiger partial charge in [-0.25, -0.2) is 0 Å². The van der Waals surface area contributed by atoms with Crippen molar-refractivity contribution in [3.8, 4) is 0 Å². The van der Waals surface area contributed by atoms with Crippen molar-refractivity contribution in [3.63, 3.8) is 0 Å². The predicted molar refractivity (Wildman–Crippen MR) is 159 cm³/mol. The fourth-order valence-corrected chi connectivity index (χ4v) is 5.12. The second-order valence-electron chi connectivity index (χ2n) is 10.9. The van der Waals surface area contributed by atoms with Gasteiger partial charge < -0.3 is 44.3 Å². The number of aliphatic hydroxyl groups is 1. The van der Waals surface area contributed by atoms with Gasteiger partial charge in [-0.15, -0.1) is 0 Å². The molecule has 0 aliphatic carbocycles. The summed E-state index contributed by atoms with van der Waals surface area (Å²) in [5.74, 6) is -2.10. The number of amides is 3. The van der Waals surface area contributed by atoms with Crippen molar-refractivity contribution in [2.24, 2.45) is 0 Å². The number of carbonyl (C=O) groups is 4. The highest BCUT2D eigenvalue weighted by Gasteiger charge is 2.50. The van der Waals surface area contributed by atoms with Crippen molar-refractivity contribution >= 4 is 23.7 Å². The first-order valence-electron chi connectivity index (χ1n) is 14.9. The van der Waals surface area contributed by atoms with Gasteiger partial charge in [0.1, 0.15) is 30.9 Å². The molecule has 2 aliphatic rings. The van der Waals surface area contributed by atoms with Crippen molar-refractivity contribution < 1.29 is 48.0 Å². The molecule has 0 saturated carbocycles. The zero-order valence-corrected chi connectivity index (χ0v) is 25.7. The van der Waals surface area contributed by atoms with Crippen LogP contribution in [0.3, 0.4) is 0 Å². The lowest BCUT2D eigenvalue weighted by Gasteiger charge is -2.47. The minimum absolute atomic E-state index is 0.125. The maximum atomic E-state index is 13.3. The van der Waals surface area contributed by atoms with Crippen LogP contribution < -0.4 is 10.6 Å². The van der Waals surface area contributed by atoms with Gasteiger partial charge in [-0.2, -0.15) is 0 Å². The highest BCUT2D eigenvalue weighted by molar-refractivity contribution is 5.88. The molecule has 2 aromatic carbocycles. The molecule has 45 heavy (non-hydrogen) atoms. The van der Waals surface area contributed by atoms with E-state index < -0.39 is 60.6 Å². The van der Waals surface area contributed by atoms with Crippen molar-refractivity contribution in [1.82, 2.24) is 15.5 Å². The topological polar surface area (TPSA) is 162 Å². The van der Waals surface area contributed by atoms with Gasteiger partial charge in [0.15, 0.2) is 12.6 Å². The number of ether oxygens (including phenoxy) is 5. The van der Waals surface area contributed by atoms with Crippen molar-refractivity contribution in [2.75, 3.05) is 33.4 Å². The summed E-state index contributed by atoms with van der Waals surface area (Å²) in [5.41, 5.74) is 2.61. The van der Waals surface area contributed by atoms with Crippen LogP contribution >= 0.6 is 0 Å². The predicted octanol–water partition coefficient (Wildman–Crippen LogP) is 1.11. The molecule has 2 aromatic rings. The second kappa shape index (κ2) is 16.4. The first-order valence-corrected chi connectivity index (χ1v) is 14.9. The number of benzene rings is 2. The lowest BCUT2D eigenvalue weighted by Crippen LogP contribution is -2.66. The molecular formula is C32H41N3O10. The maximum absolute atomic E-state index is 13.3. The Balaban J connectivity index is 1.36. The van der Waals surface area contributed by atoms with E-state index in [1.807, 2.05) is 61.5 Å². The average molecular weight is 628 g/mol. The number of carbonyl (C=O) groups excluding carboxylic acids is 4. The summed E-state index contributed by atoms with van der Waals surface area (Å²) in [7, 11) is 1.40. The third kappa shape index (κ3) is 9.55. The quantitative estimate of drug-likeness (QED) is 0.275. The van der Waals surface area contributed by atoms with Gasteiger partial charge in [-0.1, -0.05) is 60.2 Å². The smallest absolute Gasteiger partial charge is 0.325 e. The molecular weight excluding hydrogens is 586 g/mol. The number of hydrogen-bond donors (Lipinski definition) is 3. The fraction of sp³-hybridized carbons (Fsp3) is 0.500. The lowest BCUT2D eigenvalue weighted by molar-refractivity contribution is -0.341. The molecule has 3 amide bonds. The van der Waals surface area contributed by atoms with Crippen LogP contribution in [0.4, 0.5) is 0 Å². The van der Waals surface area contributed by atoms with Crippen molar-refractivity contribution in [3.05, 3.63) is 71.3 Å². The van der Waals surface area contributed by atoms with E-state index in [9.17, 15) is 24.3 Å². The minimum atomic E-state index is -1.19. The Morgan fingerprint density at radius 3 is 2.42 bits per heavy atom. The lowest BCUT2D eigenvalue weighted by atomic mass is 9.95. The summed E-state index contributed by atoms with van der Waals surface area (Å²) in [6, 6.07) is 15.8. The normalized spacial score (nSPS) is 24.2. The largest absolute Gasteiger partial charge is 0.465 e. The van der Waals surface area contributed by atoms with Gasteiger partial charge in [0, 0.05) is 32.1 Å². The monoisotopic (exact) mass is 627 g/mol. The van der Waals surface area contributed by atoms with Gasteiger partial charge in [0.25, 0.3) is 0 Å². The van der Waals surface area contributed by atoms with Crippen LogP contribution in [0.15, 0.2) is 54.6 Å². The molecule has 3 N–H and O–H groups in total. The molecule has 2 saturated heterocycles. The Labute approximate surface area is 262 Å². The number of methoxy groups -OCH3 is 1. The van der Waals surface area contributed by atoms with Gasteiger partial charge in [0.2, 0.25) is 17.7 Å². The standard InChI is InChI=1S/C32H41N3O10/c1-4-42-27(39)16-33-25(37)18-35(17-21-12-10-20(2)11-13-21)26(38)15-14-24(36)34-28-29(40)30-23(44-32(28)41-3)19-43-31(45-30)22-8-6-5-7-9-22/h5-13,23,28-32,40H,4,14-19H2,1-3H3,(H,33,37)(H,34,36). The average Bonchev–Trinajstić information content (AvgIpc) is 3.05. The summed E-state index contributed by atoms with van der Waals surface area (Å²) in [6.07, 6.45) is -4.75. The Bertz CT molecular complexity index is 1290. The highest BCUT2D eigenvalue weighted by atomic mass is 16.7. The summed E-state index contributed by atoms with van der Waals surface area (Å²) < 4.78 is 28.0. The Hall–Kier alpha value is -3.88. The molecule has 2 fully saturated rings. The molecule has 0 bridgehead atoms. The first kappa shape index (κ1) is 34.0. The summed E-state index contributed by atoms with van der Waals surface area (Å²) in [6.45, 7) is 3.41. The molecule has 13 nitrogen and oxygen atoms in total. The number of nitrogens with zero attached hydrogens (tertiary/aromatic N) is 1. The van der Waals surface area contributed by atoms with E-state index in [-0.39, 0.29) is 45.7 Å². The van der Waals surface area contributed by atoms with Crippen LogP contribution in [0.25, 0.3) is 0 Å². The van der Waals surface area contributed by atoms with Gasteiger partial charge in [-0.3, -0.25) is 19.2 Å². The molecule has 244 valence electrons. The van der Waals surface area contributed by atoms with Crippen LogP contribution in [0.1, 0.15) is 42.7 Å². The van der Waals surface area contributed by atoms with Gasteiger partial charge >= 0.3 is 5.97 Å². The van der Waals surface area contributed by atoms with E-state index >= 15 is 0 Å². The van der Waals surface area contributed by atoms with Gasteiger partial charge in [-0.05, 0) is 19.4 Å². The molecule has 0 aromatic heterocycles. The number of aliphatic hydroxyl groups excluding tert-OH is 1. The number of rotatable bonds is 13. The minimum Gasteiger partial charge on any atom is -0.465 e. The Kier molecular flexibility index (Phi) is 12.4. The molecule has 0 radical (unpaired) electrons. The fourth-order valence-electron chi connectivity index (χ4n) is 5.12. The van der Waals surface area contributed by atoms with Crippen LogP contribution in [-0.2, 0) is 49.4 Å². The van der Waals surface area contributed by atoms with Crippen LogP contribution in [-0.4, -0.2) is 97.8 Å². The Morgan fingerprint density at radius 2 is 1.73 bits per heavy atom. The molecule has 6 unspecified atom stereocenters. The van der Waals surface area contributed by atoms with Crippen LogP contribution in [0, 0.1) is 6.92 Å². The molecule has 0 spiro atoms. The highest BCUT2D eigenvalue weighted by Crippen LogP contribution is 2.34. The zero-order chi connectivity index (χ0) is 32.3. The number of aryl methyl sites for hydroxylation is 1. The third-order valence-electron chi connectivity index (χ3n) is 7.48. The van der Waals surface area contributed by atoms with Crippen LogP contribution in [0.5, 0.6) is 0 Å². The molecule has 2 aliphatic heterocycles. The number of esters is 1. The van der Waals surface area contributed by atoms with Crippen LogP contribution in [0.2, 0.25) is 0 Å². The summed E-state index contributed by atoms with van der Waals surface area (Å²) >= 11 is 0. The number of nitrogens with one attached hydrogen (secondary N) is 2. The number of fused-ring (bicyclic) bond motifs is 1. The van der Waals surface area contributed by atoms with E-state index in [4.69, 9.17) is 23.7 Å². The van der Waals surface area contributed by atoms with Gasteiger partial charge in [0.05, 0.1) is 19.8 Å². The van der Waals surface area contributed by atoms with E-state index in [0.717, 1.165) is 16.7 Å². The van der Waals surface area contributed by atoms with Crippen molar-refractivity contribution in [2.45, 2.75) is 70.2 Å². The molecule has 13 heteroatoms. The molecule has 6 atom stereocenters.